The number of fused-ring (bicyclic) bond motifs is 8. The Bertz CT molecular complexity index is 3180. The maximum Gasteiger partial charge on any atom is 0.502 e. The lowest BCUT2D eigenvalue weighted by atomic mass is 9.76. The van der Waals surface area contributed by atoms with E-state index in [4.69, 9.17) is 41.7 Å². The van der Waals surface area contributed by atoms with Crippen LogP contribution in [0.15, 0.2) is 109 Å². The molecule has 0 spiro atoms. The molecule has 10 nitrogen and oxygen atoms in total. The molecule has 2 aliphatic heterocycles. The van der Waals surface area contributed by atoms with Crippen LogP contribution in [0.5, 0.6) is 23.0 Å². The topological polar surface area (TPSA) is 86.3 Å². The van der Waals surface area contributed by atoms with Gasteiger partial charge in [0.2, 0.25) is 0 Å². The largest absolute Gasteiger partial charge is 0.502 e. The third-order valence-corrected chi connectivity index (χ3v) is 18.5. The highest BCUT2D eigenvalue weighted by atomic mass is 28.4. The van der Waals surface area contributed by atoms with E-state index < -0.39 is 54.0 Å². The molecular weight excluding hydrogens is 1040 g/mol. The summed E-state index contributed by atoms with van der Waals surface area (Å²) in [6.07, 6.45) is 0.580. The van der Waals surface area contributed by atoms with Crippen molar-refractivity contribution in [3.63, 3.8) is 0 Å². The Morgan fingerprint density at radius 2 is 1.19 bits per heavy atom. The summed E-state index contributed by atoms with van der Waals surface area (Å²) in [6, 6.07) is 32.9. The SMILES string of the molecule is COc1cc2c3c(c4c(c2cc1OC)-c1ccc(-c2ccc(C(F)(F)F)cc2)cc1C4(C)C)C=CC(c1ccc(OCCOC(C)(C)CC[Si](OC(C)(C)C)(OC(C)(C)C)OC(C)(C)C)cc1)(c1ccc(N2CCOCC2)cc1)O3. The average Bonchev–Trinajstić information content (AvgIpc) is 3.83. The van der Waals surface area contributed by atoms with E-state index in [-0.39, 0.29) is 0 Å². The molecular formula is C66H80F3NO9Si. The number of alkyl halides is 3. The number of ether oxygens (including phenoxy) is 6. The van der Waals surface area contributed by atoms with Crippen LogP contribution in [0.1, 0.15) is 130 Å². The average molecular weight is 1120 g/mol. The number of methoxy groups -OCH3 is 2. The summed E-state index contributed by atoms with van der Waals surface area (Å²) in [7, 11) is 0.0355. The number of rotatable bonds is 17. The van der Waals surface area contributed by atoms with E-state index in [0.29, 0.717) is 67.5 Å². The van der Waals surface area contributed by atoms with E-state index in [9.17, 15) is 13.2 Å². The fourth-order valence-corrected chi connectivity index (χ4v) is 15.6. The summed E-state index contributed by atoms with van der Waals surface area (Å²) >= 11 is 0. The monoisotopic (exact) mass is 1120 g/mol. The molecule has 0 saturated carbocycles. The highest BCUT2D eigenvalue weighted by Crippen LogP contribution is 2.60. The van der Waals surface area contributed by atoms with E-state index in [0.717, 1.165) is 86.2 Å². The third kappa shape index (κ3) is 12.5. The van der Waals surface area contributed by atoms with Crippen molar-refractivity contribution < 1.29 is 54.9 Å². The molecule has 80 heavy (non-hydrogen) atoms. The molecule has 0 aromatic heterocycles. The van der Waals surface area contributed by atoms with Gasteiger partial charge in [-0.05, 0) is 182 Å². The predicted molar refractivity (Wildman–Crippen MR) is 315 cm³/mol. The Morgan fingerprint density at radius 1 is 0.637 bits per heavy atom. The molecule has 1 fully saturated rings. The fourth-order valence-electron chi connectivity index (χ4n) is 11.5. The summed E-state index contributed by atoms with van der Waals surface area (Å²) in [6.45, 7) is 30.6. The summed E-state index contributed by atoms with van der Waals surface area (Å²) in [5.74, 6) is 2.49. The first-order valence-electron chi connectivity index (χ1n) is 27.8. The lowest BCUT2D eigenvalue weighted by Crippen LogP contribution is -2.57. The Morgan fingerprint density at radius 3 is 1.74 bits per heavy atom. The Labute approximate surface area is 472 Å². The second-order valence-corrected chi connectivity index (χ2v) is 27.8. The van der Waals surface area contributed by atoms with E-state index in [1.807, 2.05) is 92.6 Å². The number of morpholine rings is 1. The molecule has 1 saturated heterocycles. The van der Waals surface area contributed by atoms with Gasteiger partial charge in [0.15, 0.2) is 17.1 Å². The molecule has 1 aliphatic carbocycles. The van der Waals surface area contributed by atoms with E-state index >= 15 is 0 Å². The van der Waals surface area contributed by atoms with Crippen LogP contribution in [0.4, 0.5) is 18.9 Å². The molecule has 0 N–H and O–H groups in total. The highest BCUT2D eigenvalue weighted by molar-refractivity contribution is 6.61. The molecule has 14 heteroatoms. The molecule has 1 unspecified atom stereocenters. The second kappa shape index (κ2) is 21.8. The minimum absolute atomic E-state index is 0.325. The standard InChI is InChI=1S/C66H80F3NO9Si/c1-60(2,3)77-80(78-61(4,5)6,79-62(7,8)9)39-32-63(10,11)75-38-37-74-49-27-23-46(24-28-49)65(45-21-25-48(26-22-45)70-33-35-73-36-34-70)31-30-51-58-57(52-41-55(71-14)56(72-15)42-53(52)59(51)76-65)50-29-18-44(40-54(50)64(58,12)13)43-16-19-47(20-17-43)66(67,68)69/h16-31,40-42H,32-39H2,1-15H3. The molecule has 3 aliphatic rings. The van der Waals surface area contributed by atoms with Gasteiger partial charge in [-0.15, -0.1) is 0 Å². The van der Waals surface area contributed by atoms with Gasteiger partial charge in [-0.1, -0.05) is 68.5 Å². The van der Waals surface area contributed by atoms with Crippen LogP contribution in [-0.2, 0) is 39.9 Å². The predicted octanol–water partition coefficient (Wildman–Crippen LogP) is 16.0. The second-order valence-electron chi connectivity index (χ2n) is 25.3. The van der Waals surface area contributed by atoms with Gasteiger partial charge in [0, 0.05) is 52.3 Å². The van der Waals surface area contributed by atoms with E-state index in [1.165, 1.54) is 12.1 Å². The minimum Gasteiger partial charge on any atom is -0.493 e. The minimum atomic E-state index is -4.43. The van der Waals surface area contributed by atoms with Gasteiger partial charge >= 0.3 is 15.0 Å². The first-order chi connectivity index (χ1) is 37.4. The van der Waals surface area contributed by atoms with Gasteiger partial charge in [0.25, 0.3) is 0 Å². The summed E-state index contributed by atoms with van der Waals surface area (Å²) in [5.41, 5.74) is 5.24. The zero-order valence-electron chi connectivity index (χ0n) is 49.4. The number of anilines is 1. The number of hydrogen-bond acceptors (Lipinski definition) is 10. The smallest absolute Gasteiger partial charge is 0.493 e. The van der Waals surface area contributed by atoms with Crippen LogP contribution >= 0.6 is 0 Å². The zero-order valence-corrected chi connectivity index (χ0v) is 50.4. The zero-order chi connectivity index (χ0) is 57.8. The maximum absolute atomic E-state index is 13.6. The normalized spacial score (nSPS) is 17.4. The van der Waals surface area contributed by atoms with Crippen molar-refractivity contribution in [3.05, 3.63) is 143 Å². The van der Waals surface area contributed by atoms with Crippen molar-refractivity contribution in [3.8, 4) is 45.3 Å². The van der Waals surface area contributed by atoms with Crippen molar-refractivity contribution in [2.75, 3.05) is 58.6 Å². The number of nitrogens with zero attached hydrogens (tertiary/aromatic N) is 1. The summed E-state index contributed by atoms with van der Waals surface area (Å²) in [4.78, 5) is 2.34. The van der Waals surface area contributed by atoms with Gasteiger partial charge in [-0.2, -0.15) is 13.2 Å². The van der Waals surface area contributed by atoms with Gasteiger partial charge < -0.3 is 46.6 Å². The van der Waals surface area contributed by atoms with Gasteiger partial charge in [-0.3, -0.25) is 0 Å². The van der Waals surface area contributed by atoms with Crippen molar-refractivity contribution >= 4 is 31.3 Å². The van der Waals surface area contributed by atoms with Crippen LogP contribution < -0.4 is 23.8 Å². The molecule has 9 rings (SSSR count). The van der Waals surface area contributed by atoms with Gasteiger partial charge in [0.05, 0.1) is 62.0 Å². The molecule has 6 aromatic carbocycles. The van der Waals surface area contributed by atoms with Crippen LogP contribution in [-0.4, -0.2) is 84.9 Å². The van der Waals surface area contributed by atoms with Crippen LogP contribution in [0.25, 0.3) is 39.1 Å². The lowest BCUT2D eigenvalue weighted by Gasteiger charge is -2.44. The molecule has 428 valence electrons. The quantitative estimate of drug-likeness (QED) is 0.0650. The van der Waals surface area contributed by atoms with Crippen molar-refractivity contribution in [1.29, 1.82) is 0 Å². The molecule has 0 amide bonds. The first-order valence-corrected chi connectivity index (χ1v) is 29.8. The van der Waals surface area contributed by atoms with Crippen molar-refractivity contribution in [1.82, 2.24) is 0 Å². The van der Waals surface area contributed by atoms with Crippen molar-refractivity contribution in [2.45, 2.75) is 142 Å². The Hall–Kier alpha value is -5.87. The van der Waals surface area contributed by atoms with Crippen LogP contribution in [0.2, 0.25) is 6.04 Å². The van der Waals surface area contributed by atoms with E-state index in [2.05, 4.69) is 93.3 Å². The van der Waals surface area contributed by atoms with Crippen LogP contribution in [0, 0.1) is 0 Å². The number of hydrogen-bond donors (Lipinski definition) is 0. The number of halogens is 3. The fraction of sp³-hybridized carbons (Fsp3) is 0.455. The van der Waals surface area contributed by atoms with Gasteiger partial charge in [0.1, 0.15) is 18.1 Å². The van der Waals surface area contributed by atoms with Gasteiger partial charge in [-0.25, -0.2) is 0 Å². The Balaban J connectivity index is 1.04. The van der Waals surface area contributed by atoms with E-state index in [1.54, 1.807) is 14.2 Å². The lowest BCUT2D eigenvalue weighted by molar-refractivity contribution is -0.137. The summed E-state index contributed by atoms with van der Waals surface area (Å²) < 4.78 is 99.4. The van der Waals surface area contributed by atoms with Crippen molar-refractivity contribution in [2.24, 2.45) is 0 Å². The summed E-state index contributed by atoms with van der Waals surface area (Å²) in [5, 5.41) is 1.76. The molecule has 6 aromatic rings. The van der Waals surface area contributed by atoms with Crippen LogP contribution in [0.3, 0.4) is 0 Å². The maximum atomic E-state index is 13.6. The molecule has 2 heterocycles. The Kier molecular flexibility index (Phi) is 16.0. The highest BCUT2D eigenvalue weighted by Gasteiger charge is 2.51. The molecule has 1 atom stereocenters. The molecule has 0 radical (unpaired) electrons. The number of benzene rings is 6. The molecule has 0 bridgehead atoms. The third-order valence-electron chi connectivity index (χ3n) is 14.9. The first kappa shape index (κ1) is 58.8.